The van der Waals surface area contributed by atoms with E-state index in [1.807, 2.05) is 31.2 Å². The first-order valence-electron chi connectivity index (χ1n) is 6.50. The number of aryl methyl sites for hydroxylation is 1. The van der Waals surface area contributed by atoms with Crippen LogP contribution in [0, 0.1) is 6.92 Å². The first kappa shape index (κ1) is 15.9. The molecule has 0 spiro atoms. The summed E-state index contributed by atoms with van der Waals surface area (Å²) in [5.74, 6) is -0.291. The molecule has 0 atom stereocenters. The number of para-hydroxylation sites is 1. The van der Waals surface area contributed by atoms with E-state index in [9.17, 15) is 13.2 Å². The predicted octanol–water partition coefficient (Wildman–Crippen LogP) is 4.44. The van der Waals surface area contributed by atoms with Crippen molar-refractivity contribution in [3.8, 4) is 5.75 Å². The van der Waals surface area contributed by atoms with E-state index in [-0.39, 0.29) is 17.9 Å². The number of halogens is 3. The Bertz CT molecular complexity index is 654. The second-order valence-electron chi connectivity index (χ2n) is 4.58. The number of hydrogen-bond acceptors (Lipinski definition) is 3. The van der Waals surface area contributed by atoms with Gasteiger partial charge in [-0.25, -0.2) is 0 Å². The quantitative estimate of drug-likeness (QED) is 0.603. The molecule has 0 aliphatic carbocycles. The zero-order chi connectivity index (χ0) is 16.0. The molecule has 116 valence electrons. The largest absolute Gasteiger partial charge is 0.573 e. The van der Waals surface area contributed by atoms with Gasteiger partial charge in [-0.3, -0.25) is 0 Å². The summed E-state index contributed by atoms with van der Waals surface area (Å²) in [6.45, 7) is 1.83. The molecule has 2 aromatic rings. The normalized spacial score (nSPS) is 11.6. The van der Waals surface area contributed by atoms with Gasteiger partial charge in [0.1, 0.15) is 12.4 Å². The molecule has 2 aromatic carbocycles. The second-order valence-corrected chi connectivity index (χ2v) is 4.58. The summed E-state index contributed by atoms with van der Waals surface area (Å²) >= 11 is 0. The molecule has 0 saturated carbocycles. The second kappa shape index (κ2) is 6.98. The monoisotopic (exact) mass is 309 g/mol. The molecular formula is C16H14F3NO2. The lowest BCUT2D eigenvalue weighted by molar-refractivity contribution is -0.275. The smallest absolute Gasteiger partial charge is 0.405 e. The molecule has 0 radical (unpaired) electrons. The van der Waals surface area contributed by atoms with Crippen LogP contribution >= 0.6 is 0 Å². The highest BCUT2D eigenvalue weighted by molar-refractivity contribution is 5.79. The summed E-state index contributed by atoms with van der Waals surface area (Å²) < 4.78 is 40.8. The maximum absolute atomic E-state index is 12.3. The van der Waals surface area contributed by atoms with Gasteiger partial charge in [-0.1, -0.05) is 53.2 Å². The fourth-order valence-corrected chi connectivity index (χ4v) is 1.80. The third-order valence-corrected chi connectivity index (χ3v) is 2.74. The molecule has 0 saturated heterocycles. The molecule has 0 aliphatic heterocycles. The average Bonchev–Trinajstić information content (AvgIpc) is 2.44. The van der Waals surface area contributed by atoms with Crippen molar-refractivity contribution < 1.29 is 22.7 Å². The highest BCUT2D eigenvalue weighted by Crippen LogP contribution is 2.26. The van der Waals surface area contributed by atoms with Crippen LogP contribution < -0.4 is 4.74 Å². The van der Waals surface area contributed by atoms with Crippen LogP contribution in [-0.2, 0) is 11.4 Å². The van der Waals surface area contributed by atoms with E-state index < -0.39 is 6.36 Å². The Kier molecular flexibility index (Phi) is 5.04. The van der Waals surface area contributed by atoms with Gasteiger partial charge >= 0.3 is 6.36 Å². The van der Waals surface area contributed by atoms with Crippen molar-refractivity contribution in [2.45, 2.75) is 19.9 Å². The minimum absolute atomic E-state index is 0.116. The molecule has 0 amide bonds. The Balaban J connectivity index is 1.97. The summed E-state index contributed by atoms with van der Waals surface area (Å²) in [6.07, 6.45) is -3.23. The molecule has 3 nitrogen and oxygen atoms in total. The van der Waals surface area contributed by atoms with Crippen LogP contribution in [0.1, 0.15) is 16.7 Å². The maximum Gasteiger partial charge on any atom is 0.573 e. The van der Waals surface area contributed by atoms with Crippen molar-refractivity contribution in [3.63, 3.8) is 0 Å². The fourth-order valence-electron chi connectivity index (χ4n) is 1.80. The lowest BCUT2D eigenvalue weighted by atomic mass is 10.2. The molecule has 0 bridgehead atoms. The van der Waals surface area contributed by atoms with Crippen molar-refractivity contribution >= 4 is 6.21 Å². The van der Waals surface area contributed by atoms with Crippen LogP contribution in [0.2, 0.25) is 0 Å². The lowest BCUT2D eigenvalue weighted by Crippen LogP contribution is -2.18. The van der Waals surface area contributed by atoms with Crippen LogP contribution in [0.5, 0.6) is 5.75 Å². The number of nitrogens with zero attached hydrogens (tertiary/aromatic N) is 1. The Morgan fingerprint density at radius 1 is 1.09 bits per heavy atom. The SMILES string of the molecule is Cc1cccc(C=NOCc2ccccc2OC(F)(F)F)c1. The summed E-state index contributed by atoms with van der Waals surface area (Å²) in [6, 6.07) is 13.4. The third kappa shape index (κ3) is 5.12. The topological polar surface area (TPSA) is 30.8 Å². The van der Waals surface area contributed by atoms with Crippen LogP contribution in [0.15, 0.2) is 53.7 Å². The van der Waals surface area contributed by atoms with Crippen LogP contribution in [0.25, 0.3) is 0 Å². The van der Waals surface area contributed by atoms with E-state index in [2.05, 4.69) is 9.89 Å². The number of benzene rings is 2. The van der Waals surface area contributed by atoms with E-state index >= 15 is 0 Å². The molecular weight excluding hydrogens is 295 g/mol. The zero-order valence-electron chi connectivity index (χ0n) is 11.8. The first-order chi connectivity index (χ1) is 10.4. The summed E-state index contributed by atoms with van der Waals surface area (Å²) in [4.78, 5) is 5.04. The van der Waals surface area contributed by atoms with Gasteiger partial charge in [-0.15, -0.1) is 13.2 Å². The molecule has 0 heterocycles. The van der Waals surface area contributed by atoms with Crippen molar-refractivity contribution in [2.75, 3.05) is 0 Å². The first-order valence-corrected chi connectivity index (χ1v) is 6.50. The zero-order valence-corrected chi connectivity index (χ0v) is 11.8. The molecule has 0 fully saturated rings. The molecule has 0 unspecified atom stereocenters. The highest BCUT2D eigenvalue weighted by atomic mass is 19.4. The molecule has 22 heavy (non-hydrogen) atoms. The van der Waals surface area contributed by atoms with Crippen LogP contribution in [0.4, 0.5) is 13.2 Å². The third-order valence-electron chi connectivity index (χ3n) is 2.74. The van der Waals surface area contributed by atoms with Gasteiger partial charge < -0.3 is 9.57 Å². The Morgan fingerprint density at radius 2 is 1.86 bits per heavy atom. The van der Waals surface area contributed by atoms with Crippen LogP contribution in [0.3, 0.4) is 0 Å². The van der Waals surface area contributed by atoms with Crippen molar-refractivity contribution in [3.05, 3.63) is 65.2 Å². The molecule has 0 N–H and O–H groups in total. The van der Waals surface area contributed by atoms with Gasteiger partial charge in [-0.05, 0) is 18.6 Å². The van der Waals surface area contributed by atoms with Gasteiger partial charge in [0.05, 0.1) is 6.21 Å². The van der Waals surface area contributed by atoms with Crippen molar-refractivity contribution in [1.82, 2.24) is 0 Å². The van der Waals surface area contributed by atoms with E-state index in [1.165, 1.54) is 24.4 Å². The molecule has 2 rings (SSSR count). The van der Waals surface area contributed by atoms with Gasteiger partial charge in [0.2, 0.25) is 0 Å². The molecule has 0 aliphatic rings. The minimum atomic E-state index is -4.74. The Labute approximate surface area is 126 Å². The van der Waals surface area contributed by atoms with Gasteiger partial charge in [0, 0.05) is 5.56 Å². The van der Waals surface area contributed by atoms with Crippen molar-refractivity contribution in [1.29, 1.82) is 0 Å². The standard InChI is InChI=1S/C16H14F3NO2/c1-12-5-4-6-13(9-12)10-20-21-11-14-7-2-3-8-15(14)22-16(17,18)19/h2-10H,11H2,1H3. The lowest BCUT2D eigenvalue weighted by Gasteiger charge is -2.12. The molecule has 6 heteroatoms. The molecule has 0 aromatic heterocycles. The number of oxime groups is 1. The predicted molar refractivity (Wildman–Crippen MR) is 76.7 cm³/mol. The number of alkyl halides is 3. The maximum atomic E-state index is 12.3. The summed E-state index contributed by atoms with van der Waals surface area (Å²) in [7, 11) is 0. The van der Waals surface area contributed by atoms with Crippen molar-refractivity contribution in [2.24, 2.45) is 5.16 Å². The average molecular weight is 309 g/mol. The van der Waals surface area contributed by atoms with Crippen LogP contribution in [-0.4, -0.2) is 12.6 Å². The minimum Gasteiger partial charge on any atom is -0.405 e. The number of ether oxygens (including phenoxy) is 1. The highest BCUT2D eigenvalue weighted by Gasteiger charge is 2.32. The number of hydrogen-bond donors (Lipinski definition) is 0. The van der Waals surface area contributed by atoms with E-state index in [1.54, 1.807) is 6.07 Å². The number of rotatable bonds is 5. The Morgan fingerprint density at radius 3 is 2.59 bits per heavy atom. The van der Waals surface area contributed by atoms with E-state index in [4.69, 9.17) is 4.84 Å². The van der Waals surface area contributed by atoms with Gasteiger partial charge in [-0.2, -0.15) is 0 Å². The van der Waals surface area contributed by atoms with Gasteiger partial charge in [0.15, 0.2) is 0 Å². The van der Waals surface area contributed by atoms with E-state index in [0.717, 1.165) is 11.1 Å². The van der Waals surface area contributed by atoms with Gasteiger partial charge in [0.25, 0.3) is 0 Å². The Hall–Kier alpha value is -2.50. The summed E-state index contributed by atoms with van der Waals surface area (Å²) in [5, 5.41) is 3.75. The fraction of sp³-hybridized carbons (Fsp3) is 0.188. The van der Waals surface area contributed by atoms with E-state index in [0.29, 0.717) is 0 Å². The summed E-state index contributed by atoms with van der Waals surface area (Å²) in [5.41, 5.74) is 2.19.